The van der Waals surface area contributed by atoms with Gasteiger partial charge in [-0.25, -0.2) is 8.78 Å². The summed E-state index contributed by atoms with van der Waals surface area (Å²) in [7, 11) is 0. The van der Waals surface area contributed by atoms with Gasteiger partial charge in [0.1, 0.15) is 0 Å². The number of ketones is 1. The quantitative estimate of drug-likeness (QED) is 0.724. The zero-order valence-electron chi connectivity index (χ0n) is 8.87. The zero-order chi connectivity index (χ0) is 11.7. The molecule has 0 amide bonds. The van der Waals surface area contributed by atoms with Gasteiger partial charge in [-0.1, -0.05) is 0 Å². The molecule has 0 saturated carbocycles. The predicted octanol–water partition coefficient (Wildman–Crippen LogP) is 2.57. The van der Waals surface area contributed by atoms with E-state index in [4.69, 9.17) is 4.74 Å². The second-order valence-corrected chi connectivity index (χ2v) is 4.07. The molecule has 2 nitrogen and oxygen atoms in total. The van der Waals surface area contributed by atoms with Crippen molar-refractivity contribution in [3.63, 3.8) is 0 Å². The van der Waals surface area contributed by atoms with Crippen molar-refractivity contribution >= 4 is 5.78 Å². The van der Waals surface area contributed by atoms with Crippen molar-refractivity contribution in [2.24, 2.45) is 5.92 Å². The van der Waals surface area contributed by atoms with Crippen LogP contribution in [0.25, 0.3) is 0 Å². The van der Waals surface area contributed by atoms with Gasteiger partial charge in [0.25, 0.3) is 0 Å². The van der Waals surface area contributed by atoms with E-state index < -0.39 is 11.6 Å². The molecule has 1 aliphatic heterocycles. The van der Waals surface area contributed by atoms with Crippen molar-refractivity contribution in [2.45, 2.75) is 19.4 Å². The summed E-state index contributed by atoms with van der Waals surface area (Å²) in [6.07, 6.45) is 0.692. The van der Waals surface area contributed by atoms with E-state index in [1.54, 1.807) is 0 Å². The largest absolute Gasteiger partial charge is 0.378 e. The number of benzene rings is 1. The van der Waals surface area contributed by atoms with Crippen LogP contribution in [0.2, 0.25) is 0 Å². The second-order valence-electron chi connectivity index (χ2n) is 4.07. The van der Waals surface area contributed by atoms with E-state index >= 15 is 0 Å². The van der Waals surface area contributed by atoms with E-state index in [-0.39, 0.29) is 23.4 Å². The molecule has 2 atom stereocenters. The molecule has 0 aromatic heterocycles. The number of hydrogen-bond acceptors (Lipinski definition) is 2. The third kappa shape index (κ3) is 2.11. The highest BCUT2D eigenvalue weighted by Crippen LogP contribution is 2.23. The number of rotatable bonds is 2. The Morgan fingerprint density at radius 3 is 2.69 bits per heavy atom. The summed E-state index contributed by atoms with van der Waals surface area (Å²) in [5, 5.41) is 0. The number of hydrogen-bond donors (Lipinski definition) is 0. The van der Waals surface area contributed by atoms with Gasteiger partial charge >= 0.3 is 0 Å². The molecule has 1 saturated heterocycles. The molecule has 0 radical (unpaired) electrons. The minimum absolute atomic E-state index is 0.0549. The molecule has 1 heterocycles. The Morgan fingerprint density at radius 2 is 2.12 bits per heavy atom. The number of ether oxygens (including phenoxy) is 1. The summed E-state index contributed by atoms with van der Waals surface area (Å²) >= 11 is 0. The topological polar surface area (TPSA) is 26.3 Å². The first kappa shape index (κ1) is 11.2. The van der Waals surface area contributed by atoms with Gasteiger partial charge in [0.2, 0.25) is 0 Å². The summed E-state index contributed by atoms with van der Waals surface area (Å²) in [6.45, 7) is 2.25. The lowest BCUT2D eigenvalue weighted by molar-refractivity contribution is 0.0877. The van der Waals surface area contributed by atoms with Crippen LogP contribution in [0, 0.1) is 17.6 Å². The minimum Gasteiger partial charge on any atom is -0.378 e. The fraction of sp³-hybridized carbons (Fsp3) is 0.417. The maximum atomic E-state index is 12.9. The van der Waals surface area contributed by atoms with E-state index in [9.17, 15) is 13.6 Å². The lowest BCUT2D eigenvalue weighted by Gasteiger charge is -2.06. The summed E-state index contributed by atoms with van der Waals surface area (Å²) < 4.78 is 30.9. The lowest BCUT2D eigenvalue weighted by Crippen LogP contribution is -2.15. The second kappa shape index (κ2) is 4.29. The van der Waals surface area contributed by atoms with Crippen LogP contribution in [-0.2, 0) is 4.74 Å². The van der Waals surface area contributed by atoms with E-state index in [1.165, 1.54) is 6.07 Å². The summed E-state index contributed by atoms with van der Waals surface area (Å²) in [5.74, 6) is -2.34. The highest BCUT2D eigenvalue weighted by atomic mass is 19.2. The molecule has 2 unspecified atom stereocenters. The normalized spacial score (nSPS) is 24.7. The van der Waals surface area contributed by atoms with E-state index in [1.807, 2.05) is 6.92 Å². The zero-order valence-corrected chi connectivity index (χ0v) is 8.87. The molecule has 0 bridgehead atoms. The first-order valence-corrected chi connectivity index (χ1v) is 5.19. The first-order chi connectivity index (χ1) is 7.58. The van der Waals surface area contributed by atoms with Crippen molar-refractivity contribution in [3.05, 3.63) is 35.4 Å². The number of halogens is 2. The Bertz CT molecular complexity index is 417. The Morgan fingerprint density at radius 1 is 1.38 bits per heavy atom. The molecular formula is C12H12F2O2. The van der Waals surface area contributed by atoms with Crippen LogP contribution in [0.1, 0.15) is 23.7 Å². The summed E-state index contributed by atoms with van der Waals surface area (Å²) in [5.41, 5.74) is 0.210. The van der Waals surface area contributed by atoms with E-state index in [0.717, 1.165) is 12.1 Å². The van der Waals surface area contributed by atoms with Crippen LogP contribution in [-0.4, -0.2) is 18.5 Å². The average Bonchev–Trinajstić information content (AvgIpc) is 2.68. The molecular weight excluding hydrogens is 214 g/mol. The van der Waals surface area contributed by atoms with E-state index in [2.05, 4.69) is 0 Å². The van der Waals surface area contributed by atoms with Crippen LogP contribution in [0.15, 0.2) is 18.2 Å². The van der Waals surface area contributed by atoms with Gasteiger partial charge in [0.05, 0.1) is 12.7 Å². The smallest absolute Gasteiger partial charge is 0.168 e. The Balaban J connectivity index is 2.18. The minimum atomic E-state index is -0.988. The molecule has 1 aromatic rings. The standard InChI is InChI=1S/C12H12F2O2/c1-7-4-9(6-16-7)12(15)8-2-3-10(13)11(14)5-8/h2-3,5,7,9H,4,6H2,1H3. The maximum Gasteiger partial charge on any atom is 0.168 e. The fourth-order valence-corrected chi connectivity index (χ4v) is 1.88. The molecule has 1 fully saturated rings. The van der Waals surface area contributed by atoms with Gasteiger partial charge in [0, 0.05) is 11.5 Å². The Hall–Kier alpha value is -1.29. The molecule has 86 valence electrons. The van der Waals surface area contributed by atoms with Gasteiger partial charge in [-0.3, -0.25) is 4.79 Å². The lowest BCUT2D eigenvalue weighted by atomic mass is 9.95. The highest BCUT2D eigenvalue weighted by Gasteiger charge is 2.29. The van der Waals surface area contributed by atoms with Crippen LogP contribution >= 0.6 is 0 Å². The molecule has 1 aromatic carbocycles. The van der Waals surface area contributed by atoms with Crippen molar-refractivity contribution in [1.82, 2.24) is 0 Å². The predicted molar refractivity (Wildman–Crippen MR) is 54.2 cm³/mol. The third-order valence-corrected chi connectivity index (χ3v) is 2.77. The summed E-state index contributed by atoms with van der Waals surface area (Å²) in [4.78, 5) is 11.9. The average molecular weight is 226 g/mol. The number of carbonyl (C=O) groups excluding carboxylic acids is 1. The molecule has 2 rings (SSSR count). The molecule has 0 aliphatic carbocycles. The van der Waals surface area contributed by atoms with Crippen LogP contribution in [0.3, 0.4) is 0 Å². The maximum absolute atomic E-state index is 12.9. The Kier molecular flexibility index (Phi) is 3.01. The van der Waals surface area contributed by atoms with E-state index in [0.29, 0.717) is 13.0 Å². The molecule has 4 heteroatoms. The molecule has 0 N–H and O–H groups in total. The van der Waals surface area contributed by atoms with Gasteiger partial charge in [-0.05, 0) is 31.5 Å². The SMILES string of the molecule is CC1CC(C(=O)c2ccc(F)c(F)c2)CO1. The first-order valence-electron chi connectivity index (χ1n) is 5.19. The summed E-state index contributed by atoms with van der Waals surface area (Å²) in [6, 6.07) is 3.23. The fourth-order valence-electron chi connectivity index (χ4n) is 1.88. The molecule has 1 aliphatic rings. The van der Waals surface area contributed by atoms with Crippen molar-refractivity contribution in [2.75, 3.05) is 6.61 Å². The Labute approximate surface area is 92.2 Å². The van der Waals surface area contributed by atoms with Crippen molar-refractivity contribution in [3.8, 4) is 0 Å². The third-order valence-electron chi connectivity index (χ3n) is 2.77. The van der Waals surface area contributed by atoms with Crippen molar-refractivity contribution in [1.29, 1.82) is 0 Å². The monoisotopic (exact) mass is 226 g/mol. The van der Waals surface area contributed by atoms with Crippen LogP contribution in [0.5, 0.6) is 0 Å². The van der Waals surface area contributed by atoms with Gasteiger partial charge in [-0.2, -0.15) is 0 Å². The van der Waals surface area contributed by atoms with Gasteiger partial charge in [0.15, 0.2) is 17.4 Å². The van der Waals surface area contributed by atoms with Crippen LogP contribution in [0.4, 0.5) is 8.78 Å². The van der Waals surface area contributed by atoms with Gasteiger partial charge in [-0.15, -0.1) is 0 Å². The van der Waals surface area contributed by atoms with Gasteiger partial charge < -0.3 is 4.74 Å². The number of carbonyl (C=O) groups is 1. The molecule has 16 heavy (non-hydrogen) atoms. The van der Waals surface area contributed by atoms with Crippen molar-refractivity contribution < 1.29 is 18.3 Å². The molecule has 0 spiro atoms. The van der Waals surface area contributed by atoms with Crippen LogP contribution < -0.4 is 0 Å². The number of Topliss-reactive ketones (excluding diaryl/α,β-unsaturated/α-hetero) is 1. The highest BCUT2D eigenvalue weighted by molar-refractivity contribution is 5.98.